The van der Waals surface area contributed by atoms with Crippen LogP contribution in [0.2, 0.25) is 0 Å². The van der Waals surface area contributed by atoms with E-state index < -0.39 is 0 Å². The minimum Gasteiger partial charge on any atom is -0.497 e. The van der Waals surface area contributed by atoms with Gasteiger partial charge in [0.2, 0.25) is 5.91 Å². The van der Waals surface area contributed by atoms with Gasteiger partial charge in [-0.1, -0.05) is 10.3 Å². The number of carbonyl (C=O) groups excluding carboxylic acids is 2. The minimum atomic E-state index is -0.0615. The van der Waals surface area contributed by atoms with E-state index in [0.29, 0.717) is 48.8 Å². The molecule has 1 aliphatic rings. The van der Waals surface area contributed by atoms with Crippen molar-refractivity contribution in [3.05, 3.63) is 41.3 Å². The van der Waals surface area contributed by atoms with Crippen LogP contribution in [-0.2, 0) is 11.3 Å². The number of nitrogens with one attached hydrogen (secondary N) is 2. The molecule has 0 radical (unpaired) electrons. The van der Waals surface area contributed by atoms with Crippen molar-refractivity contribution in [2.24, 2.45) is 5.92 Å². The van der Waals surface area contributed by atoms with Gasteiger partial charge in [-0.3, -0.25) is 9.59 Å². The Labute approximate surface area is 173 Å². The monoisotopic (exact) mass is 411 g/mol. The number of nitrogens with zero attached hydrogens (tertiary/aromatic N) is 3. The number of methoxy groups -OCH3 is 1. The molecular formula is C21H25N5O4. The van der Waals surface area contributed by atoms with Crippen molar-refractivity contribution in [3.8, 4) is 5.75 Å². The normalized spacial score (nSPS) is 16.6. The molecule has 4 rings (SSSR count). The summed E-state index contributed by atoms with van der Waals surface area (Å²) >= 11 is 0. The maximum atomic E-state index is 13.2. The molecule has 1 aromatic carbocycles. The molecule has 3 heterocycles. The zero-order valence-electron chi connectivity index (χ0n) is 17.1. The Kier molecular flexibility index (Phi) is 5.69. The second-order valence-corrected chi connectivity index (χ2v) is 7.65. The molecule has 1 atom stereocenters. The molecule has 2 N–H and O–H groups in total. The standard InChI is InChI=1S/C21H25N5O4/c1-13-19(25-30-24-13)11-23-20(27)8-14-4-3-7-26(12-14)21(28)17-10-22-18-6-5-15(29-2)9-16(17)18/h5-6,9-10,14,22H,3-4,7-8,11-12H2,1-2H3,(H,23,27)/t14-/m1/s1. The maximum Gasteiger partial charge on any atom is 0.256 e. The number of H-pyrrole nitrogens is 1. The molecule has 2 aromatic heterocycles. The molecule has 1 fully saturated rings. The van der Waals surface area contributed by atoms with Gasteiger partial charge in [-0.15, -0.1) is 0 Å². The predicted molar refractivity (Wildman–Crippen MR) is 109 cm³/mol. The second kappa shape index (κ2) is 8.56. The number of amides is 2. The first kappa shape index (κ1) is 19.9. The summed E-state index contributed by atoms with van der Waals surface area (Å²) in [6.45, 7) is 3.33. The fourth-order valence-corrected chi connectivity index (χ4v) is 3.92. The van der Waals surface area contributed by atoms with Crippen molar-refractivity contribution in [1.29, 1.82) is 0 Å². The lowest BCUT2D eigenvalue weighted by atomic mass is 9.94. The highest BCUT2D eigenvalue weighted by molar-refractivity contribution is 6.07. The summed E-state index contributed by atoms with van der Waals surface area (Å²) in [5.74, 6) is 0.748. The quantitative estimate of drug-likeness (QED) is 0.644. The number of hydrogen-bond donors (Lipinski definition) is 2. The summed E-state index contributed by atoms with van der Waals surface area (Å²) < 4.78 is 9.93. The first-order valence-electron chi connectivity index (χ1n) is 10.0. The second-order valence-electron chi connectivity index (χ2n) is 7.65. The van der Waals surface area contributed by atoms with E-state index in [-0.39, 0.29) is 17.7 Å². The van der Waals surface area contributed by atoms with Gasteiger partial charge in [0, 0.05) is 36.6 Å². The molecule has 30 heavy (non-hydrogen) atoms. The van der Waals surface area contributed by atoms with Gasteiger partial charge < -0.3 is 19.9 Å². The van der Waals surface area contributed by atoms with Crippen LogP contribution in [-0.4, -0.2) is 52.2 Å². The van der Waals surface area contributed by atoms with Gasteiger partial charge in [-0.25, -0.2) is 4.63 Å². The molecular weight excluding hydrogens is 386 g/mol. The first-order chi connectivity index (χ1) is 14.5. The number of benzene rings is 1. The van der Waals surface area contributed by atoms with Crippen molar-refractivity contribution in [1.82, 2.24) is 25.5 Å². The Balaban J connectivity index is 1.38. The molecule has 0 unspecified atom stereocenters. The molecule has 0 spiro atoms. The van der Waals surface area contributed by atoms with E-state index in [2.05, 4.69) is 25.2 Å². The maximum absolute atomic E-state index is 13.2. The van der Waals surface area contributed by atoms with Crippen LogP contribution in [0, 0.1) is 12.8 Å². The Morgan fingerprint density at radius 2 is 2.23 bits per heavy atom. The van der Waals surface area contributed by atoms with Crippen LogP contribution in [0.3, 0.4) is 0 Å². The number of piperidine rings is 1. The molecule has 2 amide bonds. The Hall–Kier alpha value is -3.36. The predicted octanol–water partition coefficient (Wildman–Crippen LogP) is 2.43. The van der Waals surface area contributed by atoms with Crippen LogP contribution in [0.5, 0.6) is 5.75 Å². The van der Waals surface area contributed by atoms with Crippen LogP contribution < -0.4 is 10.1 Å². The Bertz CT molecular complexity index is 1060. The summed E-state index contributed by atoms with van der Waals surface area (Å²) in [5, 5.41) is 11.2. The molecule has 158 valence electrons. The van der Waals surface area contributed by atoms with E-state index in [1.807, 2.05) is 23.1 Å². The van der Waals surface area contributed by atoms with Crippen LogP contribution >= 0.6 is 0 Å². The number of likely N-dealkylation sites (tertiary alicyclic amines) is 1. The van der Waals surface area contributed by atoms with Gasteiger partial charge in [0.1, 0.15) is 17.1 Å². The number of rotatable bonds is 6. The highest BCUT2D eigenvalue weighted by Gasteiger charge is 2.27. The van der Waals surface area contributed by atoms with Crippen molar-refractivity contribution < 1.29 is 19.0 Å². The summed E-state index contributed by atoms with van der Waals surface area (Å²) in [6.07, 6.45) is 3.91. The van der Waals surface area contributed by atoms with Crippen LogP contribution in [0.1, 0.15) is 41.0 Å². The molecule has 0 bridgehead atoms. The number of aryl methyl sites for hydroxylation is 1. The summed E-state index contributed by atoms with van der Waals surface area (Å²) in [5.41, 5.74) is 2.81. The minimum absolute atomic E-state index is 0.0242. The number of aromatic nitrogens is 3. The van der Waals surface area contributed by atoms with E-state index in [4.69, 9.17) is 4.74 Å². The highest BCUT2D eigenvalue weighted by atomic mass is 16.6. The van der Waals surface area contributed by atoms with E-state index in [0.717, 1.165) is 23.7 Å². The van der Waals surface area contributed by atoms with Gasteiger partial charge in [0.05, 0.1) is 19.2 Å². The average molecular weight is 411 g/mol. The van der Waals surface area contributed by atoms with Crippen molar-refractivity contribution in [3.63, 3.8) is 0 Å². The number of ether oxygens (including phenoxy) is 1. The molecule has 1 saturated heterocycles. The zero-order chi connectivity index (χ0) is 21.1. The van der Waals surface area contributed by atoms with Gasteiger partial charge in [0.25, 0.3) is 5.91 Å². The molecule has 3 aromatic rings. The molecule has 1 aliphatic heterocycles. The third-order valence-corrected chi connectivity index (χ3v) is 5.60. The van der Waals surface area contributed by atoms with E-state index in [1.165, 1.54) is 0 Å². The van der Waals surface area contributed by atoms with E-state index >= 15 is 0 Å². The lowest BCUT2D eigenvalue weighted by Crippen LogP contribution is -2.41. The topological polar surface area (TPSA) is 113 Å². The number of aromatic amines is 1. The van der Waals surface area contributed by atoms with Crippen molar-refractivity contribution in [2.75, 3.05) is 20.2 Å². The number of carbonyl (C=O) groups is 2. The lowest BCUT2D eigenvalue weighted by molar-refractivity contribution is -0.122. The third-order valence-electron chi connectivity index (χ3n) is 5.60. The summed E-state index contributed by atoms with van der Waals surface area (Å²) in [6, 6.07) is 5.63. The Morgan fingerprint density at radius 3 is 3.00 bits per heavy atom. The molecule has 9 heteroatoms. The SMILES string of the molecule is COc1ccc2[nH]cc(C(=O)N3CCC[C@H](CC(=O)NCc4nonc4C)C3)c2c1. The lowest BCUT2D eigenvalue weighted by Gasteiger charge is -2.32. The first-order valence-corrected chi connectivity index (χ1v) is 10.0. The van der Waals surface area contributed by atoms with Gasteiger partial charge >= 0.3 is 0 Å². The molecule has 0 saturated carbocycles. The van der Waals surface area contributed by atoms with Gasteiger partial charge in [-0.05, 0) is 43.9 Å². The molecule has 9 nitrogen and oxygen atoms in total. The Morgan fingerprint density at radius 1 is 1.37 bits per heavy atom. The van der Waals surface area contributed by atoms with Crippen molar-refractivity contribution >= 4 is 22.7 Å². The smallest absolute Gasteiger partial charge is 0.256 e. The summed E-state index contributed by atoms with van der Waals surface area (Å²) in [4.78, 5) is 30.5. The highest BCUT2D eigenvalue weighted by Crippen LogP contribution is 2.27. The summed E-state index contributed by atoms with van der Waals surface area (Å²) in [7, 11) is 1.61. The zero-order valence-corrected chi connectivity index (χ0v) is 17.1. The fraction of sp³-hybridized carbons (Fsp3) is 0.429. The fourth-order valence-electron chi connectivity index (χ4n) is 3.92. The third kappa shape index (κ3) is 4.14. The average Bonchev–Trinajstić information content (AvgIpc) is 3.37. The van der Waals surface area contributed by atoms with E-state index in [9.17, 15) is 9.59 Å². The van der Waals surface area contributed by atoms with Crippen LogP contribution in [0.25, 0.3) is 10.9 Å². The van der Waals surface area contributed by atoms with Gasteiger partial charge in [-0.2, -0.15) is 0 Å². The number of hydrogen-bond acceptors (Lipinski definition) is 6. The van der Waals surface area contributed by atoms with Crippen LogP contribution in [0.4, 0.5) is 0 Å². The van der Waals surface area contributed by atoms with E-state index in [1.54, 1.807) is 20.2 Å². The largest absolute Gasteiger partial charge is 0.497 e. The number of fused-ring (bicyclic) bond motifs is 1. The van der Waals surface area contributed by atoms with Crippen LogP contribution in [0.15, 0.2) is 29.0 Å². The van der Waals surface area contributed by atoms with Gasteiger partial charge in [0.15, 0.2) is 0 Å². The molecule has 0 aliphatic carbocycles. The van der Waals surface area contributed by atoms with Crippen molar-refractivity contribution in [2.45, 2.75) is 32.7 Å².